The van der Waals surface area contributed by atoms with Crippen molar-refractivity contribution in [1.82, 2.24) is 40.4 Å². The Morgan fingerprint density at radius 2 is 1.21 bits per heavy atom. The number of aromatic nitrogens is 4. The number of hydrogen-bond acceptors (Lipinski definition) is 10. The first-order valence-corrected chi connectivity index (χ1v) is 20.7. The fourth-order valence-electron chi connectivity index (χ4n) is 8.70. The quantitative estimate of drug-likeness (QED) is 0.0825. The number of methoxy groups -OCH3 is 2. The van der Waals surface area contributed by atoms with Gasteiger partial charge in [-0.15, -0.1) is 0 Å². The van der Waals surface area contributed by atoms with Crippen LogP contribution in [0.1, 0.15) is 77.1 Å². The number of imidazole rings is 2. The maximum absolute atomic E-state index is 14.1. The zero-order chi connectivity index (χ0) is 43.1. The summed E-state index contributed by atoms with van der Waals surface area (Å²) in [6.07, 6.45) is 5.23. The summed E-state index contributed by atoms with van der Waals surface area (Å²) in [7, 11) is 2.55. The van der Waals surface area contributed by atoms with E-state index >= 15 is 0 Å². The Bertz CT molecular complexity index is 2720. The van der Waals surface area contributed by atoms with Gasteiger partial charge in [0, 0.05) is 24.2 Å². The number of rotatable bonds is 10. The van der Waals surface area contributed by atoms with Crippen molar-refractivity contribution in [3.8, 4) is 22.5 Å². The van der Waals surface area contributed by atoms with Crippen LogP contribution in [0.2, 0.25) is 0 Å². The number of nitrogens with one attached hydrogen (secondary N) is 4. The van der Waals surface area contributed by atoms with Gasteiger partial charge in [0.15, 0.2) is 0 Å². The third kappa shape index (κ3) is 7.77. The number of nitrogens with zero attached hydrogens (tertiary/aromatic N) is 4. The third-order valence-corrected chi connectivity index (χ3v) is 12.0. The minimum atomic E-state index is -0.735. The molecule has 4 atom stereocenters. The van der Waals surface area contributed by atoms with Gasteiger partial charge in [-0.25, -0.2) is 19.6 Å². The number of H-pyrrole nitrogens is 2. The van der Waals surface area contributed by atoms with Crippen molar-refractivity contribution >= 4 is 56.7 Å². The van der Waals surface area contributed by atoms with Crippen molar-refractivity contribution in [3.63, 3.8) is 0 Å². The summed E-state index contributed by atoms with van der Waals surface area (Å²) in [4.78, 5) is 85.1. The number of fused-ring (bicyclic) bond motifs is 4. The highest BCUT2D eigenvalue weighted by Gasteiger charge is 2.39. The Morgan fingerprint density at radius 1 is 0.705 bits per heavy atom. The smallest absolute Gasteiger partial charge is 0.407 e. The van der Waals surface area contributed by atoms with Crippen LogP contribution in [0.4, 0.5) is 9.59 Å². The summed E-state index contributed by atoms with van der Waals surface area (Å²) in [6.45, 7) is 8.62. The molecule has 61 heavy (non-hydrogen) atoms. The van der Waals surface area contributed by atoms with Crippen molar-refractivity contribution < 1.29 is 33.1 Å². The molecule has 0 radical (unpaired) electrons. The predicted molar refractivity (Wildman–Crippen MR) is 228 cm³/mol. The number of benzene rings is 3. The fourth-order valence-corrected chi connectivity index (χ4v) is 8.70. The Morgan fingerprint density at radius 3 is 1.72 bits per heavy atom. The summed E-state index contributed by atoms with van der Waals surface area (Å²) in [5.41, 5.74) is 3.85. The van der Waals surface area contributed by atoms with Gasteiger partial charge in [0.25, 0.3) is 0 Å². The highest BCUT2D eigenvalue weighted by atomic mass is 16.5. The van der Waals surface area contributed by atoms with Crippen molar-refractivity contribution in [2.45, 2.75) is 77.5 Å². The average Bonchev–Trinajstić information content (AvgIpc) is 4.10. The van der Waals surface area contributed by atoms with E-state index in [1.54, 1.807) is 28.3 Å². The van der Waals surface area contributed by atoms with Gasteiger partial charge in [-0.3, -0.25) is 14.4 Å². The van der Waals surface area contributed by atoms with Crippen molar-refractivity contribution in [2.75, 3.05) is 27.3 Å². The number of amides is 4. The van der Waals surface area contributed by atoms with Gasteiger partial charge >= 0.3 is 12.2 Å². The Hall–Kier alpha value is -6.71. The lowest BCUT2D eigenvalue weighted by molar-refractivity contribution is -0.136. The molecular formula is C45H50N8O8. The van der Waals surface area contributed by atoms with E-state index in [4.69, 9.17) is 13.9 Å². The number of carbonyl (C=O) groups is 4. The van der Waals surface area contributed by atoms with Crippen molar-refractivity contribution in [2.24, 2.45) is 11.8 Å². The molecule has 0 aliphatic carbocycles. The van der Waals surface area contributed by atoms with E-state index < -0.39 is 24.3 Å². The molecule has 0 bridgehead atoms. The van der Waals surface area contributed by atoms with Crippen LogP contribution in [-0.2, 0) is 19.1 Å². The lowest BCUT2D eigenvalue weighted by Gasteiger charge is -2.30. The lowest BCUT2D eigenvalue weighted by Crippen LogP contribution is -2.51. The number of aromatic amines is 2. The zero-order valence-electron chi connectivity index (χ0n) is 35.0. The lowest BCUT2D eigenvalue weighted by atomic mass is 10.0. The van der Waals surface area contributed by atoms with Crippen LogP contribution in [0, 0.1) is 11.8 Å². The molecule has 4 N–H and O–H groups in total. The van der Waals surface area contributed by atoms with Crippen LogP contribution in [0.15, 0.2) is 70.1 Å². The Kier molecular flexibility index (Phi) is 11.3. The molecular weight excluding hydrogens is 781 g/mol. The van der Waals surface area contributed by atoms with Crippen LogP contribution in [-0.4, -0.2) is 93.1 Å². The molecule has 2 aliphatic heterocycles. The molecule has 2 fully saturated rings. The molecule has 0 saturated carbocycles. The molecule has 318 valence electrons. The van der Waals surface area contributed by atoms with Gasteiger partial charge in [-0.1, -0.05) is 52.0 Å². The number of likely N-dealkylation sites (tertiary alicyclic amines) is 2. The predicted octanol–water partition coefficient (Wildman–Crippen LogP) is 6.97. The molecule has 2 saturated heterocycles. The first kappa shape index (κ1) is 41.0. The number of hydrogen-bond donors (Lipinski definition) is 4. The monoisotopic (exact) mass is 830 g/mol. The molecule has 5 heterocycles. The van der Waals surface area contributed by atoms with Gasteiger partial charge in [0.05, 0.1) is 60.9 Å². The van der Waals surface area contributed by atoms with E-state index in [-0.39, 0.29) is 41.2 Å². The second-order valence-electron chi connectivity index (χ2n) is 16.5. The van der Waals surface area contributed by atoms with E-state index in [0.29, 0.717) is 52.4 Å². The van der Waals surface area contributed by atoms with Crippen LogP contribution in [0.5, 0.6) is 0 Å². The highest BCUT2D eigenvalue weighted by molar-refractivity contribution is 6.09. The SMILES string of the molecule is COC(=O)N[C@H](C(=O)N1CCC[C@H]1c1ncc(-c2ccc3c(ccc4oc5cc(-c6cnc([C@@H]7CCCN7C(=O)[C@@H](NC(=O)OC)C(C)C)[nH]6)ccc5c(=O)c43)c2)[nH]1)C(C)C. The Balaban J connectivity index is 1.03. The van der Waals surface area contributed by atoms with E-state index in [2.05, 4.69) is 30.6 Å². The highest BCUT2D eigenvalue weighted by Crippen LogP contribution is 2.36. The fraction of sp³-hybridized carbons (Fsp3) is 0.400. The van der Waals surface area contributed by atoms with Gasteiger partial charge in [0.2, 0.25) is 17.2 Å². The third-order valence-electron chi connectivity index (χ3n) is 12.0. The number of alkyl carbamates (subject to hydrolysis) is 2. The molecule has 3 aromatic carbocycles. The molecule has 8 rings (SSSR count). The zero-order valence-corrected chi connectivity index (χ0v) is 35.0. The first-order valence-electron chi connectivity index (χ1n) is 20.7. The molecule has 2 aliphatic rings. The van der Waals surface area contributed by atoms with Crippen LogP contribution in [0.25, 0.3) is 55.2 Å². The maximum atomic E-state index is 14.1. The normalized spacial score (nSPS) is 17.7. The number of ether oxygens (including phenoxy) is 2. The molecule has 16 heteroatoms. The van der Waals surface area contributed by atoms with Crippen molar-refractivity contribution in [1.29, 1.82) is 0 Å². The van der Waals surface area contributed by atoms with Crippen molar-refractivity contribution in [3.05, 3.63) is 82.8 Å². The molecule has 6 aromatic rings. The second kappa shape index (κ2) is 16.7. The topological polar surface area (TPSA) is 205 Å². The Labute approximate surface area is 351 Å². The molecule has 16 nitrogen and oxygen atoms in total. The van der Waals surface area contributed by atoms with E-state index in [1.807, 2.05) is 70.2 Å². The summed E-state index contributed by atoms with van der Waals surface area (Å²) in [5, 5.41) is 7.88. The molecule has 4 amide bonds. The van der Waals surface area contributed by atoms with E-state index in [0.717, 1.165) is 53.3 Å². The maximum Gasteiger partial charge on any atom is 0.407 e. The summed E-state index contributed by atoms with van der Waals surface area (Å²) in [5.74, 6) is 0.657. The van der Waals surface area contributed by atoms with Crippen LogP contribution < -0.4 is 16.1 Å². The van der Waals surface area contributed by atoms with Gasteiger partial charge in [0.1, 0.15) is 34.9 Å². The van der Waals surface area contributed by atoms with Gasteiger partial charge in [-0.05, 0) is 72.6 Å². The van der Waals surface area contributed by atoms with E-state index in [1.165, 1.54) is 14.2 Å². The minimum Gasteiger partial charge on any atom is -0.456 e. The summed E-state index contributed by atoms with van der Waals surface area (Å²) >= 11 is 0. The minimum absolute atomic E-state index is 0.138. The van der Waals surface area contributed by atoms with Crippen LogP contribution >= 0.6 is 0 Å². The first-order chi connectivity index (χ1) is 29.4. The average molecular weight is 831 g/mol. The molecule has 3 aromatic heterocycles. The van der Waals surface area contributed by atoms with Crippen LogP contribution in [0.3, 0.4) is 0 Å². The standard InChI is InChI=1S/C45H50N8O8/c1-23(2)37(50-44(57)59-5)42(55)52-17-7-9-32(52)40-46-21-30(48-40)26-11-14-28-25(19-26)13-16-34-36(28)39(54)29-15-12-27(20-35(29)61-34)31-22-47-41(49-31)33-10-8-18-53(33)43(56)38(24(3)4)51-45(58)60-6/h11-16,19-24,32-33,37-38H,7-10,17-18H2,1-6H3,(H,46,48)(H,47,49)(H,50,57)(H,51,58)/t32-,33-,37-,38-/m0/s1. The molecule has 0 spiro atoms. The summed E-state index contributed by atoms with van der Waals surface area (Å²) in [6, 6.07) is 13.0. The molecule has 0 unspecified atom stereocenters. The van der Waals surface area contributed by atoms with Gasteiger partial charge < -0.3 is 44.3 Å². The largest absolute Gasteiger partial charge is 0.456 e. The number of carbonyl (C=O) groups excluding carboxylic acids is 4. The van der Waals surface area contributed by atoms with Gasteiger partial charge in [-0.2, -0.15) is 0 Å². The second-order valence-corrected chi connectivity index (χ2v) is 16.5. The van der Waals surface area contributed by atoms with E-state index in [9.17, 15) is 24.0 Å². The summed E-state index contributed by atoms with van der Waals surface area (Å²) < 4.78 is 15.9.